The van der Waals surface area contributed by atoms with Crippen molar-refractivity contribution in [2.24, 2.45) is 0 Å². The first-order chi connectivity index (χ1) is 15.1. The molecule has 2 aromatic carbocycles. The lowest BCUT2D eigenvalue weighted by Crippen LogP contribution is -2.29. The van der Waals surface area contributed by atoms with Gasteiger partial charge in [0.15, 0.2) is 11.5 Å². The number of hydrogen-bond donors (Lipinski definition) is 0. The molecular formula is C26H32F2O3. The first kappa shape index (κ1) is 23.3. The van der Waals surface area contributed by atoms with Crippen molar-refractivity contribution < 1.29 is 23.0 Å². The van der Waals surface area contributed by atoms with Gasteiger partial charge in [-0.2, -0.15) is 8.78 Å². The van der Waals surface area contributed by atoms with E-state index in [1.165, 1.54) is 23.3 Å². The van der Waals surface area contributed by atoms with Gasteiger partial charge in [-0.15, -0.1) is 6.58 Å². The highest BCUT2D eigenvalue weighted by Crippen LogP contribution is 2.31. The highest BCUT2D eigenvalue weighted by Gasteiger charge is 2.24. The minimum Gasteiger partial charge on any atom is -0.490 e. The van der Waals surface area contributed by atoms with Crippen molar-refractivity contribution in [3.05, 3.63) is 71.8 Å². The van der Waals surface area contributed by atoms with E-state index in [4.69, 9.17) is 14.2 Å². The summed E-state index contributed by atoms with van der Waals surface area (Å²) in [6.07, 6.45) is 7.28. The molecule has 1 aliphatic rings. The van der Waals surface area contributed by atoms with Gasteiger partial charge in [0.25, 0.3) is 0 Å². The van der Waals surface area contributed by atoms with Gasteiger partial charge in [0.2, 0.25) is 11.6 Å². The van der Waals surface area contributed by atoms with E-state index in [0.717, 1.165) is 38.5 Å². The van der Waals surface area contributed by atoms with Crippen molar-refractivity contribution in [3.8, 4) is 11.5 Å². The third-order valence-corrected chi connectivity index (χ3v) is 5.65. The standard InChI is InChI=1S/C26H32F2O3/c1-3-5-7-19-8-10-20(11-9-19)21-12-13-22(30-17-21)18-31-24-15-14-23(25(27)26(24)28)29-16-6-4-2/h3,8-11,14-15,21-22H,1,4-7,12-13,16-18H2,2H3. The zero-order chi connectivity index (χ0) is 22.1. The predicted molar refractivity (Wildman–Crippen MR) is 119 cm³/mol. The molecule has 1 aliphatic heterocycles. The molecule has 5 heteroatoms. The van der Waals surface area contributed by atoms with Crippen LogP contribution in [0.5, 0.6) is 11.5 Å². The van der Waals surface area contributed by atoms with Gasteiger partial charge in [-0.3, -0.25) is 0 Å². The number of unbranched alkanes of at least 4 members (excludes halogenated alkanes) is 1. The van der Waals surface area contributed by atoms with Gasteiger partial charge in [0.05, 0.1) is 19.3 Å². The van der Waals surface area contributed by atoms with Crippen LogP contribution in [0, 0.1) is 11.6 Å². The van der Waals surface area contributed by atoms with Crippen molar-refractivity contribution in [2.75, 3.05) is 19.8 Å². The third kappa shape index (κ3) is 6.54. The summed E-state index contributed by atoms with van der Waals surface area (Å²) in [6, 6.07) is 11.5. The molecular weight excluding hydrogens is 398 g/mol. The van der Waals surface area contributed by atoms with Gasteiger partial charge in [-0.1, -0.05) is 43.7 Å². The Morgan fingerprint density at radius 2 is 1.74 bits per heavy atom. The Kier molecular flexibility index (Phi) is 8.89. The molecule has 0 N–H and O–H groups in total. The van der Waals surface area contributed by atoms with Crippen molar-refractivity contribution >= 4 is 0 Å². The zero-order valence-electron chi connectivity index (χ0n) is 18.2. The second-order valence-electron chi connectivity index (χ2n) is 8.00. The number of allylic oxidation sites excluding steroid dienone is 1. The van der Waals surface area contributed by atoms with Gasteiger partial charge >= 0.3 is 0 Å². The number of aryl methyl sites for hydroxylation is 1. The summed E-state index contributed by atoms with van der Waals surface area (Å²) >= 11 is 0. The minimum atomic E-state index is -1.01. The molecule has 0 aromatic heterocycles. The Balaban J connectivity index is 1.47. The van der Waals surface area contributed by atoms with Crippen molar-refractivity contribution in [3.63, 3.8) is 0 Å². The zero-order valence-corrected chi connectivity index (χ0v) is 18.2. The first-order valence-electron chi connectivity index (χ1n) is 11.2. The van der Waals surface area contributed by atoms with E-state index < -0.39 is 11.6 Å². The topological polar surface area (TPSA) is 27.7 Å². The fourth-order valence-electron chi connectivity index (χ4n) is 3.67. The fraction of sp³-hybridized carbons (Fsp3) is 0.462. The van der Waals surface area contributed by atoms with Crippen molar-refractivity contribution in [1.82, 2.24) is 0 Å². The van der Waals surface area contributed by atoms with Crippen LogP contribution in [0.2, 0.25) is 0 Å². The van der Waals surface area contributed by atoms with Gasteiger partial charge in [0.1, 0.15) is 6.61 Å². The van der Waals surface area contributed by atoms with Crippen LogP contribution in [0.25, 0.3) is 0 Å². The number of rotatable bonds is 11. The van der Waals surface area contributed by atoms with E-state index in [1.807, 2.05) is 13.0 Å². The van der Waals surface area contributed by atoms with Crippen LogP contribution in [0.1, 0.15) is 56.1 Å². The molecule has 2 atom stereocenters. The summed E-state index contributed by atoms with van der Waals surface area (Å²) in [5.41, 5.74) is 2.58. The Morgan fingerprint density at radius 1 is 1.03 bits per heavy atom. The van der Waals surface area contributed by atoms with Gasteiger partial charge in [-0.05, 0) is 55.4 Å². The third-order valence-electron chi connectivity index (χ3n) is 5.65. The quantitative estimate of drug-likeness (QED) is 0.297. The second-order valence-corrected chi connectivity index (χ2v) is 8.00. The molecule has 2 aromatic rings. The molecule has 3 rings (SSSR count). The molecule has 0 aliphatic carbocycles. The van der Waals surface area contributed by atoms with E-state index in [1.54, 1.807) is 0 Å². The number of halogens is 2. The largest absolute Gasteiger partial charge is 0.490 e. The number of hydrogen-bond acceptors (Lipinski definition) is 3. The Morgan fingerprint density at radius 3 is 2.35 bits per heavy atom. The van der Waals surface area contributed by atoms with Crippen LogP contribution in [-0.4, -0.2) is 25.9 Å². The molecule has 1 heterocycles. The normalized spacial score (nSPS) is 18.5. The van der Waals surface area contributed by atoms with Gasteiger partial charge in [-0.25, -0.2) is 0 Å². The van der Waals surface area contributed by atoms with E-state index in [9.17, 15) is 8.78 Å². The predicted octanol–water partition coefficient (Wildman–Crippen LogP) is 6.60. The Bertz CT molecular complexity index is 827. The molecule has 1 saturated heterocycles. The number of ether oxygens (including phenoxy) is 3. The Hall–Kier alpha value is -2.40. The van der Waals surface area contributed by atoms with E-state index in [-0.39, 0.29) is 24.2 Å². The summed E-state index contributed by atoms with van der Waals surface area (Å²) in [7, 11) is 0. The van der Waals surface area contributed by atoms with Crippen LogP contribution in [0.4, 0.5) is 8.78 Å². The monoisotopic (exact) mass is 430 g/mol. The molecule has 1 fully saturated rings. The summed E-state index contributed by atoms with van der Waals surface area (Å²) in [5, 5.41) is 0. The van der Waals surface area contributed by atoms with Crippen LogP contribution >= 0.6 is 0 Å². The van der Waals surface area contributed by atoms with Crippen LogP contribution in [0.15, 0.2) is 49.1 Å². The minimum absolute atomic E-state index is 0.0782. The summed E-state index contributed by atoms with van der Waals surface area (Å²) in [4.78, 5) is 0. The average molecular weight is 431 g/mol. The smallest absolute Gasteiger partial charge is 0.204 e. The lowest BCUT2D eigenvalue weighted by molar-refractivity contribution is -0.0219. The maximum atomic E-state index is 14.3. The van der Waals surface area contributed by atoms with Gasteiger partial charge in [0, 0.05) is 5.92 Å². The molecule has 0 amide bonds. The van der Waals surface area contributed by atoms with E-state index >= 15 is 0 Å². The lowest BCUT2D eigenvalue weighted by atomic mass is 9.90. The summed E-state index contributed by atoms with van der Waals surface area (Å²) in [5.74, 6) is -1.86. The SMILES string of the molecule is C=CCCc1ccc(C2CCC(COc3ccc(OCCCC)c(F)c3F)OC2)cc1. The molecule has 0 spiro atoms. The van der Waals surface area contributed by atoms with Crippen molar-refractivity contribution in [1.29, 1.82) is 0 Å². The fourth-order valence-corrected chi connectivity index (χ4v) is 3.67. The molecule has 3 nitrogen and oxygen atoms in total. The highest BCUT2D eigenvalue weighted by atomic mass is 19.2. The van der Waals surface area contributed by atoms with E-state index in [2.05, 4.69) is 30.8 Å². The second kappa shape index (κ2) is 11.8. The summed E-state index contributed by atoms with van der Waals surface area (Å²) < 4.78 is 45.2. The maximum absolute atomic E-state index is 14.3. The summed E-state index contributed by atoms with van der Waals surface area (Å²) in [6.45, 7) is 6.93. The van der Waals surface area contributed by atoms with Crippen molar-refractivity contribution in [2.45, 2.75) is 57.5 Å². The van der Waals surface area contributed by atoms with Crippen LogP contribution < -0.4 is 9.47 Å². The molecule has 2 unspecified atom stereocenters. The van der Waals surface area contributed by atoms with Crippen LogP contribution in [-0.2, 0) is 11.2 Å². The molecule has 0 saturated carbocycles. The molecule has 0 bridgehead atoms. The van der Waals surface area contributed by atoms with E-state index in [0.29, 0.717) is 19.1 Å². The molecule has 0 radical (unpaired) electrons. The Labute approximate surface area is 184 Å². The lowest BCUT2D eigenvalue weighted by Gasteiger charge is -2.29. The number of benzene rings is 2. The molecule has 168 valence electrons. The highest BCUT2D eigenvalue weighted by molar-refractivity contribution is 5.35. The first-order valence-corrected chi connectivity index (χ1v) is 11.2. The van der Waals surface area contributed by atoms with Crippen LogP contribution in [0.3, 0.4) is 0 Å². The maximum Gasteiger partial charge on any atom is 0.204 e. The average Bonchev–Trinajstić information content (AvgIpc) is 2.81. The molecule has 31 heavy (non-hydrogen) atoms. The van der Waals surface area contributed by atoms with Gasteiger partial charge < -0.3 is 14.2 Å².